The van der Waals surface area contributed by atoms with Gasteiger partial charge >= 0.3 is 0 Å². The molecule has 0 aliphatic heterocycles. The van der Waals surface area contributed by atoms with Crippen LogP contribution in [0.25, 0.3) is 0 Å². The van der Waals surface area contributed by atoms with Gasteiger partial charge in [-0.25, -0.2) is 0 Å². The summed E-state index contributed by atoms with van der Waals surface area (Å²) in [5.41, 5.74) is 4.12. The Kier molecular flexibility index (Phi) is 4.98. The molecule has 1 aromatic heterocycles. The largest absolute Gasteiger partial charge is 0.496 e. The predicted octanol–water partition coefficient (Wildman–Crippen LogP) is 1.94. The first-order chi connectivity index (χ1) is 10.1. The van der Waals surface area contributed by atoms with Gasteiger partial charge in [0.1, 0.15) is 5.75 Å². The molecule has 5 heteroatoms. The van der Waals surface area contributed by atoms with E-state index in [0.717, 1.165) is 29.1 Å². The standard InChI is InChI=1S/C16H21N3O2/c1-11-14(12(2)19-18-11)8-9-17-16(20)10-13-6-4-5-7-15(13)21-3/h4-7H,8-10H2,1-3H3,(H,17,20)(H,18,19). The average Bonchev–Trinajstić information content (AvgIpc) is 2.79. The minimum atomic E-state index is -0.00157. The van der Waals surface area contributed by atoms with Crippen molar-refractivity contribution in [2.24, 2.45) is 0 Å². The van der Waals surface area contributed by atoms with Crippen molar-refractivity contribution in [3.8, 4) is 5.75 Å². The van der Waals surface area contributed by atoms with Crippen LogP contribution in [0.1, 0.15) is 22.5 Å². The van der Waals surface area contributed by atoms with Crippen LogP contribution in [-0.4, -0.2) is 29.8 Å². The van der Waals surface area contributed by atoms with Gasteiger partial charge in [0.05, 0.1) is 19.2 Å². The fourth-order valence-electron chi connectivity index (χ4n) is 2.35. The highest BCUT2D eigenvalue weighted by atomic mass is 16.5. The molecule has 2 N–H and O–H groups in total. The number of amides is 1. The van der Waals surface area contributed by atoms with Crippen molar-refractivity contribution in [2.45, 2.75) is 26.7 Å². The summed E-state index contributed by atoms with van der Waals surface area (Å²) < 4.78 is 5.25. The summed E-state index contributed by atoms with van der Waals surface area (Å²) in [7, 11) is 1.61. The Morgan fingerprint density at radius 2 is 2.10 bits per heavy atom. The van der Waals surface area contributed by atoms with E-state index < -0.39 is 0 Å². The maximum Gasteiger partial charge on any atom is 0.224 e. The number of aromatic amines is 1. The number of para-hydroxylation sites is 1. The number of carbonyl (C=O) groups excluding carboxylic acids is 1. The number of aromatic nitrogens is 2. The quantitative estimate of drug-likeness (QED) is 0.853. The molecule has 0 saturated carbocycles. The Balaban J connectivity index is 1.85. The van der Waals surface area contributed by atoms with E-state index >= 15 is 0 Å². The third-order valence-electron chi connectivity index (χ3n) is 3.52. The molecule has 112 valence electrons. The van der Waals surface area contributed by atoms with Crippen molar-refractivity contribution >= 4 is 5.91 Å². The van der Waals surface area contributed by atoms with Crippen molar-refractivity contribution in [1.29, 1.82) is 0 Å². The fourth-order valence-corrected chi connectivity index (χ4v) is 2.35. The molecule has 2 rings (SSSR count). The Morgan fingerprint density at radius 1 is 1.33 bits per heavy atom. The molecule has 1 amide bonds. The number of rotatable bonds is 6. The van der Waals surface area contributed by atoms with Crippen LogP contribution in [0, 0.1) is 13.8 Å². The summed E-state index contributed by atoms with van der Waals surface area (Å²) in [5, 5.41) is 10.0. The summed E-state index contributed by atoms with van der Waals surface area (Å²) in [6, 6.07) is 7.57. The molecule has 0 bridgehead atoms. The molecule has 0 radical (unpaired) electrons. The number of methoxy groups -OCH3 is 1. The van der Waals surface area contributed by atoms with Crippen LogP contribution in [0.2, 0.25) is 0 Å². The molecule has 0 saturated heterocycles. The lowest BCUT2D eigenvalue weighted by atomic mass is 10.1. The van der Waals surface area contributed by atoms with E-state index in [0.29, 0.717) is 13.0 Å². The molecule has 0 aliphatic carbocycles. The second-order valence-electron chi connectivity index (χ2n) is 5.00. The molecule has 0 spiro atoms. The lowest BCUT2D eigenvalue weighted by Gasteiger charge is -2.09. The summed E-state index contributed by atoms with van der Waals surface area (Å²) >= 11 is 0. The van der Waals surface area contributed by atoms with E-state index in [2.05, 4.69) is 15.5 Å². The fraction of sp³-hybridized carbons (Fsp3) is 0.375. The van der Waals surface area contributed by atoms with Crippen molar-refractivity contribution in [3.05, 3.63) is 46.8 Å². The van der Waals surface area contributed by atoms with Crippen molar-refractivity contribution < 1.29 is 9.53 Å². The van der Waals surface area contributed by atoms with Crippen LogP contribution < -0.4 is 10.1 Å². The number of aryl methyl sites for hydroxylation is 2. The van der Waals surface area contributed by atoms with Crippen molar-refractivity contribution in [3.63, 3.8) is 0 Å². The SMILES string of the molecule is COc1ccccc1CC(=O)NCCc1c(C)n[nH]c1C. The normalized spacial score (nSPS) is 10.4. The summed E-state index contributed by atoms with van der Waals surface area (Å²) in [5.74, 6) is 0.743. The predicted molar refractivity (Wildman–Crippen MR) is 81.5 cm³/mol. The van der Waals surface area contributed by atoms with Crippen molar-refractivity contribution in [1.82, 2.24) is 15.5 Å². The second-order valence-corrected chi connectivity index (χ2v) is 5.00. The van der Waals surface area contributed by atoms with Gasteiger partial charge in [-0.05, 0) is 31.9 Å². The maximum absolute atomic E-state index is 12.0. The Hall–Kier alpha value is -2.30. The van der Waals surface area contributed by atoms with E-state index in [1.165, 1.54) is 5.56 Å². The highest BCUT2D eigenvalue weighted by Gasteiger charge is 2.09. The van der Waals surface area contributed by atoms with Gasteiger partial charge in [-0.3, -0.25) is 9.89 Å². The van der Waals surface area contributed by atoms with Gasteiger partial charge in [0, 0.05) is 17.8 Å². The van der Waals surface area contributed by atoms with E-state index in [-0.39, 0.29) is 5.91 Å². The number of nitrogens with one attached hydrogen (secondary N) is 2. The second kappa shape index (κ2) is 6.92. The zero-order valence-electron chi connectivity index (χ0n) is 12.7. The van der Waals surface area contributed by atoms with Gasteiger partial charge in [-0.15, -0.1) is 0 Å². The van der Waals surface area contributed by atoms with Crippen LogP contribution in [0.3, 0.4) is 0 Å². The molecular formula is C16H21N3O2. The van der Waals surface area contributed by atoms with Crippen LogP contribution >= 0.6 is 0 Å². The number of carbonyl (C=O) groups is 1. The molecule has 0 unspecified atom stereocenters. The first-order valence-corrected chi connectivity index (χ1v) is 7.01. The lowest BCUT2D eigenvalue weighted by Crippen LogP contribution is -2.27. The van der Waals surface area contributed by atoms with Gasteiger partial charge < -0.3 is 10.1 Å². The molecule has 2 aromatic rings. The molecule has 0 fully saturated rings. The van der Waals surface area contributed by atoms with Crippen LogP contribution in [0.15, 0.2) is 24.3 Å². The molecule has 0 atom stereocenters. The first-order valence-electron chi connectivity index (χ1n) is 7.01. The number of benzene rings is 1. The number of hydrogen-bond donors (Lipinski definition) is 2. The Morgan fingerprint density at radius 3 is 2.76 bits per heavy atom. The Bertz CT molecular complexity index is 600. The third-order valence-corrected chi connectivity index (χ3v) is 3.52. The van der Waals surface area contributed by atoms with Gasteiger partial charge in [0.25, 0.3) is 0 Å². The van der Waals surface area contributed by atoms with Crippen molar-refractivity contribution in [2.75, 3.05) is 13.7 Å². The summed E-state index contributed by atoms with van der Waals surface area (Å²) in [6.07, 6.45) is 1.11. The highest BCUT2D eigenvalue weighted by molar-refractivity contribution is 5.79. The van der Waals surface area contributed by atoms with E-state index in [1.54, 1.807) is 7.11 Å². The summed E-state index contributed by atoms with van der Waals surface area (Å²) in [4.78, 5) is 12.0. The minimum Gasteiger partial charge on any atom is -0.496 e. The Labute approximate surface area is 124 Å². The average molecular weight is 287 g/mol. The van der Waals surface area contributed by atoms with Crippen LogP contribution in [0.5, 0.6) is 5.75 Å². The van der Waals surface area contributed by atoms with Gasteiger partial charge in [-0.1, -0.05) is 18.2 Å². The molecule has 1 heterocycles. The van der Waals surface area contributed by atoms with Gasteiger partial charge in [-0.2, -0.15) is 5.10 Å². The van der Waals surface area contributed by atoms with Gasteiger partial charge in [0.15, 0.2) is 0 Å². The topological polar surface area (TPSA) is 67.0 Å². The molecule has 5 nitrogen and oxygen atoms in total. The van der Waals surface area contributed by atoms with E-state index in [9.17, 15) is 4.79 Å². The van der Waals surface area contributed by atoms with E-state index in [1.807, 2.05) is 38.1 Å². The molecular weight excluding hydrogens is 266 g/mol. The number of H-pyrrole nitrogens is 1. The number of ether oxygens (including phenoxy) is 1. The number of hydrogen-bond acceptors (Lipinski definition) is 3. The third kappa shape index (κ3) is 3.84. The minimum absolute atomic E-state index is 0.00157. The highest BCUT2D eigenvalue weighted by Crippen LogP contribution is 2.17. The molecule has 1 aromatic carbocycles. The smallest absolute Gasteiger partial charge is 0.224 e. The van der Waals surface area contributed by atoms with Gasteiger partial charge in [0.2, 0.25) is 5.91 Å². The lowest BCUT2D eigenvalue weighted by molar-refractivity contribution is -0.120. The number of nitrogens with zero attached hydrogens (tertiary/aromatic N) is 1. The maximum atomic E-state index is 12.0. The summed E-state index contributed by atoms with van der Waals surface area (Å²) in [6.45, 7) is 4.57. The van der Waals surface area contributed by atoms with Crippen LogP contribution in [0.4, 0.5) is 0 Å². The van der Waals surface area contributed by atoms with E-state index in [4.69, 9.17) is 4.74 Å². The first kappa shape index (κ1) is 15.1. The zero-order valence-corrected chi connectivity index (χ0v) is 12.7. The monoisotopic (exact) mass is 287 g/mol. The zero-order chi connectivity index (χ0) is 15.2. The molecule has 0 aliphatic rings. The molecule has 21 heavy (non-hydrogen) atoms. The van der Waals surface area contributed by atoms with Crippen LogP contribution in [-0.2, 0) is 17.6 Å².